The van der Waals surface area contributed by atoms with Crippen LogP contribution in [0, 0.1) is 5.82 Å². The molecule has 7 heteroatoms. The van der Waals surface area contributed by atoms with Gasteiger partial charge in [-0.3, -0.25) is 0 Å². The summed E-state index contributed by atoms with van der Waals surface area (Å²) in [5, 5.41) is 14.7. The molecule has 1 aliphatic rings. The molecule has 2 aromatic carbocycles. The highest BCUT2D eigenvalue weighted by atomic mass is 19.1. The average molecular weight is 382 g/mol. The Morgan fingerprint density at radius 1 is 1.21 bits per heavy atom. The normalized spacial score (nSPS) is 12.6. The summed E-state index contributed by atoms with van der Waals surface area (Å²) in [4.78, 5) is 12.4. The number of rotatable bonds is 5. The van der Waals surface area contributed by atoms with Gasteiger partial charge in [0.05, 0.1) is 12.8 Å². The van der Waals surface area contributed by atoms with Crippen LogP contribution in [0.1, 0.15) is 33.7 Å². The fraction of sp³-hybridized carbons (Fsp3) is 0.238. The molecule has 1 aromatic heterocycles. The van der Waals surface area contributed by atoms with Crippen molar-refractivity contribution in [3.8, 4) is 17.2 Å². The zero-order valence-corrected chi connectivity index (χ0v) is 15.3. The second kappa shape index (κ2) is 7.34. The number of ether oxygens (including phenoxy) is 2. The van der Waals surface area contributed by atoms with Crippen molar-refractivity contribution in [1.29, 1.82) is 0 Å². The van der Waals surface area contributed by atoms with Crippen LogP contribution in [0.25, 0.3) is 5.69 Å². The van der Waals surface area contributed by atoms with Gasteiger partial charge in [-0.2, -0.15) is 5.10 Å². The van der Waals surface area contributed by atoms with Crippen molar-refractivity contribution in [2.45, 2.75) is 25.9 Å². The molecule has 28 heavy (non-hydrogen) atoms. The van der Waals surface area contributed by atoms with E-state index in [1.807, 2.05) is 0 Å². The van der Waals surface area contributed by atoms with Gasteiger partial charge in [-0.1, -0.05) is 6.07 Å². The maximum atomic E-state index is 13.2. The van der Waals surface area contributed by atoms with Crippen LogP contribution in [-0.2, 0) is 24.2 Å². The van der Waals surface area contributed by atoms with Crippen LogP contribution in [0.5, 0.6) is 11.5 Å². The predicted octanol–water partition coefficient (Wildman–Crippen LogP) is 3.57. The number of phenolic OH excluding ortho intramolecular Hbond substituents is 1. The smallest absolute Gasteiger partial charge is 0.342 e. The highest BCUT2D eigenvalue weighted by molar-refractivity contribution is 5.93. The quantitative estimate of drug-likeness (QED) is 0.683. The van der Waals surface area contributed by atoms with Gasteiger partial charge in [0.25, 0.3) is 0 Å². The molecule has 0 atom stereocenters. The number of para-hydroxylation sites is 1. The maximum Gasteiger partial charge on any atom is 0.342 e. The number of hydrogen-bond donors (Lipinski definition) is 1. The fourth-order valence-electron chi connectivity index (χ4n) is 3.49. The predicted molar refractivity (Wildman–Crippen MR) is 99.3 cm³/mol. The first kappa shape index (κ1) is 18.0. The lowest BCUT2D eigenvalue weighted by molar-refractivity contribution is 0.0462. The third-order valence-corrected chi connectivity index (χ3v) is 4.86. The molecule has 6 nitrogen and oxygen atoms in total. The first-order valence-corrected chi connectivity index (χ1v) is 8.97. The van der Waals surface area contributed by atoms with Crippen LogP contribution in [0.2, 0.25) is 0 Å². The lowest BCUT2D eigenvalue weighted by Crippen LogP contribution is -2.08. The van der Waals surface area contributed by atoms with Crippen molar-refractivity contribution in [2.75, 3.05) is 7.11 Å². The van der Waals surface area contributed by atoms with E-state index in [0.717, 1.165) is 36.2 Å². The summed E-state index contributed by atoms with van der Waals surface area (Å²) in [7, 11) is 1.41. The number of carbonyl (C=O) groups excluding carboxylic acids is 1. The van der Waals surface area contributed by atoms with E-state index in [1.165, 1.54) is 25.3 Å². The molecular formula is C21H19FN2O4. The molecule has 0 bridgehead atoms. The minimum absolute atomic E-state index is 0.00793. The molecule has 1 heterocycles. The molecule has 0 amide bonds. The molecular weight excluding hydrogens is 363 g/mol. The molecule has 0 saturated heterocycles. The highest BCUT2D eigenvalue weighted by Gasteiger charge is 2.24. The zero-order chi connectivity index (χ0) is 19.7. The first-order valence-electron chi connectivity index (χ1n) is 8.97. The van der Waals surface area contributed by atoms with E-state index >= 15 is 0 Å². The van der Waals surface area contributed by atoms with Gasteiger partial charge in [0.1, 0.15) is 23.7 Å². The number of carbonyl (C=O) groups is 1. The topological polar surface area (TPSA) is 73.6 Å². The zero-order valence-electron chi connectivity index (χ0n) is 15.3. The SMILES string of the molecule is COc1cccc(C(=O)OCc2nn(-c3ccc(F)cc3)c3c2CCC3)c1O. The van der Waals surface area contributed by atoms with Crippen LogP contribution in [0.4, 0.5) is 4.39 Å². The Kier molecular flexibility index (Phi) is 4.73. The van der Waals surface area contributed by atoms with Gasteiger partial charge in [0.2, 0.25) is 0 Å². The van der Waals surface area contributed by atoms with Gasteiger partial charge in [0.15, 0.2) is 11.5 Å². The Morgan fingerprint density at radius 3 is 2.75 bits per heavy atom. The summed E-state index contributed by atoms with van der Waals surface area (Å²) in [6.07, 6.45) is 2.71. The van der Waals surface area contributed by atoms with Crippen LogP contribution in [0.15, 0.2) is 42.5 Å². The largest absolute Gasteiger partial charge is 0.504 e. The summed E-state index contributed by atoms with van der Waals surface area (Å²) in [6.45, 7) is -0.00793. The molecule has 0 saturated carbocycles. The lowest BCUT2D eigenvalue weighted by Gasteiger charge is -2.08. The number of esters is 1. The summed E-state index contributed by atoms with van der Waals surface area (Å²) in [6, 6.07) is 10.8. The molecule has 1 aliphatic carbocycles. The van der Waals surface area contributed by atoms with Crippen molar-refractivity contribution in [2.24, 2.45) is 0 Å². The molecule has 1 N–H and O–H groups in total. The van der Waals surface area contributed by atoms with E-state index in [-0.39, 0.29) is 29.5 Å². The first-order chi connectivity index (χ1) is 13.6. The van der Waals surface area contributed by atoms with Crippen molar-refractivity contribution in [3.63, 3.8) is 0 Å². The van der Waals surface area contributed by atoms with Gasteiger partial charge >= 0.3 is 5.97 Å². The number of halogens is 1. The Hall–Kier alpha value is -3.35. The molecule has 0 spiro atoms. The van der Waals surface area contributed by atoms with E-state index in [2.05, 4.69) is 5.10 Å². The van der Waals surface area contributed by atoms with Crippen molar-refractivity contribution in [3.05, 3.63) is 70.8 Å². The summed E-state index contributed by atoms with van der Waals surface area (Å²) < 4.78 is 25.4. The molecule has 144 valence electrons. The number of phenols is 1. The van der Waals surface area contributed by atoms with Gasteiger partial charge in [-0.05, 0) is 55.7 Å². The maximum absolute atomic E-state index is 13.2. The Bertz CT molecular complexity index is 1030. The van der Waals surface area contributed by atoms with Gasteiger partial charge in [0, 0.05) is 11.3 Å². The molecule has 0 fully saturated rings. The van der Waals surface area contributed by atoms with E-state index in [1.54, 1.807) is 28.9 Å². The van der Waals surface area contributed by atoms with E-state index in [4.69, 9.17) is 9.47 Å². The number of fused-ring (bicyclic) bond motifs is 1. The summed E-state index contributed by atoms with van der Waals surface area (Å²) in [5.74, 6) is -1.01. The monoisotopic (exact) mass is 382 g/mol. The number of aromatic hydroxyl groups is 1. The number of aromatic nitrogens is 2. The van der Waals surface area contributed by atoms with E-state index in [0.29, 0.717) is 5.69 Å². The van der Waals surface area contributed by atoms with Crippen LogP contribution in [0.3, 0.4) is 0 Å². The minimum atomic E-state index is -0.653. The Labute approximate surface area is 161 Å². The third-order valence-electron chi connectivity index (χ3n) is 4.86. The number of hydrogen-bond acceptors (Lipinski definition) is 5. The van der Waals surface area contributed by atoms with E-state index in [9.17, 15) is 14.3 Å². The standard InChI is InChI=1S/C21H19FN2O4/c1-27-19-7-3-5-16(20(19)25)21(26)28-12-17-15-4-2-6-18(15)24(23-17)14-10-8-13(22)9-11-14/h3,5,7-11,25H,2,4,6,12H2,1H3. The average Bonchev–Trinajstić information content (AvgIpc) is 3.30. The van der Waals surface area contributed by atoms with Gasteiger partial charge in [-0.15, -0.1) is 0 Å². The molecule has 3 aromatic rings. The Morgan fingerprint density at radius 2 is 2.00 bits per heavy atom. The van der Waals surface area contributed by atoms with Gasteiger partial charge < -0.3 is 14.6 Å². The highest BCUT2D eigenvalue weighted by Crippen LogP contribution is 2.31. The Balaban J connectivity index is 1.57. The van der Waals surface area contributed by atoms with Crippen molar-refractivity contribution < 1.29 is 23.8 Å². The second-order valence-corrected chi connectivity index (χ2v) is 6.55. The van der Waals surface area contributed by atoms with Crippen molar-refractivity contribution in [1.82, 2.24) is 9.78 Å². The number of benzene rings is 2. The number of nitrogens with zero attached hydrogens (tertiary/aromatic N) is 2. The molecule has 0 unspecified atom stereocenters. The van der Waals surface area contributed by atoms with Gasteiger partial charge in [-0.25, -0.2) is 13.9 Å². The molecule has 0 radical (unpaired) electrons. The molecule has 4 rings (SSSR count). The minimum Gasteiger partial charge on any atom is -0.504 e. The lowest BCUT2D eigenvalue weighted by atomic mass is 10.2. The second-order valence-electron chi connectivity index (χ2n) is 6.55. The third kappa shape index (κ3) is 3.19. The van der Waals surface area contributed by atoms with Crippen LogP contribution < -0.4 is 4.74 Å². The van der Waals surface area contributed by atoms with E-state index < -0.39 is 5.97 Å². The van der Waals surface area contributed by atoms with Crippen LogP contribution >= 0.6 is 0 Å². The molecule has 0 aliphatic heterocycles. The number of methoxy groups -OCH3 is 1. The summed E-state index contributed by atoms with van der Waals surface area (Å²) in [5.41, 5.74) is 3.60. The van der Waals surface area contributed by atoms with Crippen molar-refractivity contribution >= 4 is 5.97 Å². The summed E-state index contributed by atoms with van der Waals surface area (Å²) >= 11 is 0. The fourth-order valence-corrected chi connectivity index (χ4v) is 3.49. The van der Waals surface area contributed by atoms with Crippen LogP contribution in [-0.4, -0.2) is 28.0 Å².